The van der Waals surface area contributed by atoms with E-state index in [2.05, 4.69) is 21.6 Å². The molecule has 0 amide bonds. The maximum absolute atomic E-state index is 8.97. The summed E-state index contributed by atoms with van der Waals surface area (Å²) in [6.07, 6.45) is 8.13. The Labute approximate surface area is 125 Å². The molecule has 1 aromatic heterocycles. The van der Waals surface area contributed by atoms with E-state index in [9.17, 15) is 0 Å². The summed E-state index contributed by atoms with van der Waals surface area (Å²) in [4.78, 5) is 0. The molecule has 0 aliphatic heterocycles. The van der Waals surface area contributed by atoms with E-state index in [1.807, 2.05) is 18.5 Å². The molecular formula is C14H23N5S. The van der Waals surface area contributed by atoms with Crippen LogP contribution in [0.4, 0.5) is 0 Å². The second kappa shape index (κ2) is 7.07. The van der Waals surface area contributed by atoms with Gasteiger partial charge in [-0.15, -0.1) is 5.10 Å². The van der Waals surface area contributed by atoms with Crippen molar-refractivity contribution < 1.29 is 0 Å². The molecule has 0 radical (unpaired) electrons. The Hall–Kier alpha value is -1.09. The van der Waals surface area contributed by atoms with Crippen LogP contribution in [0.2, 0.25) is 0 Å². The average Bonchev–Trinajstić information content (AvgIpc) is 3.08. The monoisotopic (exact) mass is 293 g/mol. The predicted molar refractivity (Wildman–Crippen MR) is 79.3 cm³/mol. The summed E-state index contributed by atoms with van der Waals surface area (Å²) in [5, 5.41) is 22.0. The van der Waals surface area contributed by atoms with Crippen LogP contribution in [-0.2, 0) is 0 Å². The van der Waals surface area contributed by atoms with Crippen molar-refractivity contribution in [1.29, 1.82) is 5.26 Å². The first-order valence-electron chi connectivity index (χ1n) is 7.44. The largest absolute Gasteiger partial charge is 0.217 e. The first kappa shape index (κ1) is 15.3. The molecule has 0 saturated heterocycles. The van der Waals surface area contributed by atoms with E-state index in [0.29, 0.717) is 6.04 Å². The van der Waals surface area contributed by atoms with Gasteiger partial charge in [0.2, 0.25) is 5.16 Å². The van der Waals surface area contributed by atoms with Gasteiger partial charge in [0, 0.05) is 5.75 Å². The SMILES string of the molecule is CC(C)(C#N)CCCCSc1nnnn1C1CCCC1. The first-order valence-corrected chi connectivity index (χ1v) is 8.43. The third-order valence-corrected chi connectivity index (χ3v) is 4.88. The van der Waals surface area contributed by atoms with Gasteiger partial charge in [-0.05, 0) is 50.0 Å². The number of hydrogen-bond acceptors (Lipinski definition) is 5. The highest BCUT2D eigenvalue weighted by Gasteiger charge is 2.21. The zero-order valence-corrected chi connectivity index (χ0v) is 13.2. The molecule has 1 aliphatic rings. The highest BCUT2D eigenvalue weighted by molar-refractivity contribution is 7.99. The number of hydrogen-bond donors (Lipinski definition) is 0. The van der Waals surface area contributed by atoms with E-state index in [-0.39, 0.29) is 5.41 Å². The second-order valence-electron chi connectivity index (χ2n) is 6.15. The molecule has 2 rings (SSSR count). The molecule has 0 N–H and O–H groups in total. The molecule has 20 heavy (non-hydrogen) atoms. The minimum atomic E-state index is -0.198. The quantitative estimate of drug-likeness (QED) is 0.567. The van der Waals surface area contributed by atoms with Crippen molar-refractivity contribution in [3.63, 3.8) is 0 Å². The molecule has 0 unspecified atom stereocenters. The van der Waals surface area contributed by atoms with Crippen LogP contribution in [0.15, 0.2) is 5.16 Å². The predicted octanol–water partition coefficient (Wildman–Crippen LogP) is 3.60. The maximum Gasteiger partial charge on any atom is 0.209 e. The van der Waals surface area contributed by atoms with Crippen molar-refractivity contribution in [2.45, 2.75) is 70.0 Å². The van der Waals surface area contributed by atoms with Gasteiger partial charge in [0.1, 0.15) is 0 Å². The normalized spacial score (nSPS) is 16.4. The fraction of sp³-hybridized carbons (Fsp3) is 0.857. The molecule has 1 aromatic rings. The van der Waals surface area contributed by atoms with Crippen LogP contribution < -0.4 is 0 Å². The summed E-state index contributed by atoms with van der Waals surface area (Å²) >= 11 is 1.74. The highest BCUT2D eigenvalue weighted by Crippen LogP contribution is 2.31. The maximum atomic E-state index is 8.97. The Morgan fingerprint density at radius 1 is 1.35 bits per heavy atom. The molecule has 110 valence electrons. The van der Waals surface area contributed by atoms with Crippen LogP contribution in [0.1, 0.15) is 64.8 Å². The van der Waals surface area contributed by atoms with Crippen LogP contribution in [-0.4, -0.2) is 26.0 Å². The van der Waals surface area contributed by atoms with Gasteiger partial charge in [-0.1, -0.05) is 31.0 Å². The van der Waals surface area contributed by atoms with Crippen molar-refractivity contribution >= 4 is 11.8 Å². The number of unbranched alkanes of at least 4 members (excludes halogenated alkanes) is 1. The van der Waals surface area contributed by atoms with E-state index in [0.717, 1.165) is 30.2 Å². The number of tetrazole rings is 1. The van der Waals surface area contributed by atoms with Gasteiger partial charge in [-0.3, -0.25) is 0 Å². The summed E-state index contributed by atoms with van der Waals surface area (Å²) in [5.74, 6) is 1.02. The molecule has 1 heterocycles. The van der Waals surface area contributed by atoms with Gasteiger partial charge in [-0.25, -0.2) is 4.68 Å². The zero-order chi connectivity index (χ0) is 14.4. The van der Waals surface area contributed by atoms with Crippen molar-refractivity contribution in [3.8, 4) is 6.07 Å². The Bertz CT molecular complexity index is 456. The van der Waals surface area contributed by atoms with E-state index >= 15 is 0 Å². The van der Waals surface area contributed by atoms with Crippen LogP contribution in [0.25, 0.3) is 0 Å². The van der Waals surface area contributed by atoms with Crippen LogP contribution in [0.3, 0.4) is 0 Å². The molecule has 0 atom stereocenters. The Kier molecular flexibility index (Phi) is 5.41. The topological polar surface area (TPSA) is 67.4 Å². The average molecular weight is 293 g/mol. The summed E-state index contributed by atoms with van der Waals surface area (Å²) in [5.41, 5.74) is -0.198. The summed E-state index contributed by atoms with van der Waals surface area (Å²) in [6, 6.07) is 2.85. The number of aromatic nitrogens is 4. The lowest BCUT2D eigenvalue weighted by Crippen LogP contribution is -2.09. The van der Waals surface area contributed by atoms with Crippen molar-refractivity contribution in [2.24, 2.45) is 5.41 Å². The number of rotatable bonds is 7. The van der Waals surface area contributed by atoms with Crippen LogP contribution >= 0.6 is 11.8 Å². The lowest BCUT2D eigenvalue weighted by atomic mass is 9.89. The number of nitrogens with zero attached hydrogens (tertiary/aromatic N) is 5. The fourth-order valence-electron chi connectivity index (χ4n) is 2.55. The standard InChI is InChI=1S/C14H23N5S/c1-14(2,11-15)9-5-6-10-20-13-16-17-18-19(13)12-7-3-4-8-12/h12H,3-10H2,1-2H3. The summed E-state index contributed by atoms with van der Waals surface area (Å²) in [6.45, 7) is 4.00. The lowest BCUT2D eigenvalue weighted by molar-refractivity contribution is 0.422. The lowest BCUT2D eigenvalue weighted by Gasteiger charge is -2.14. The van der Waals surface area contributed by atoms with Gasteiger partial charge in [0.25, 0.3) is 0 Å². The van der Waals surface area contributed by atoms with E-state index in [4.69, 9.17) is 5.26 Å². The molecule has 0 bridgehead atoms. The Balaban J connectivity index is 1.72. The summed E-state index contributed by atoms with van der Waals surface area (Å²) in [7, 11) is 0. The van der Waals surface area contributed by atoms with Crippen molar-refractivity contribution in [1.82, 2.24) is 20.2 Å². The van der Waals surface area contributed by atoms with Crippen LogP contribution in [0, 0.1) is 16.7 Å². The third-order valence-electron chi connectivity index (χ3n) is 3.86. The van der Waals surface area contributed by atoms with Gasteiger partial charge in [0.15, 0.2) is 0 Å². The minimum absolute atomic E-state index is 0.198. The first-order chi connectivity index (χ1) is 9.62. The number of thioether (sulfide) groups is 1. The molecule has 1 fully saturated rings. The Morgan fingerprint density at radius 2 is 2.10 bits per heavy atom. The molecule has 1 saturated carbocycles. The van der Waals surface area contributed by atoms with E-state index in [1.165, 1.54) is 25.7 Å². The second-order valence-corrected chi connectivity index (χ2v) is 7.21. The van der Waals surface area contributed by atoms with E-state index < -0.39 is 0 Å². The van der Waals surface area contributed by atoms with Gasteiger partial charge in [0.05, 0.1) is 17.5 Å². The third kappa shape index (κ3) is 4.20. The number of nitriles is 1. The molecular weight excluding hydrogens is 270 g/mol. The molecule has 5 nitrogen and oxygen atoms in total. The molecule has 0 spiro atoms. The molecule has 1 aliphatic carbocycles. The van der Waals surface area contributed by atoms with Gasteiger partial charge in [-0.2, -0.15) is 5.26 Å². The van der Waals surface area contributed by atoms with Crippen molar-refractivity contribution in [3.05, 3.63) is 0 Å². The Morgan fingerprint density at radius 3 is 2.80 bits per heavy atom. The fourth-order valence-corrected chi connectivity index (χ4v) is 3.49. The van der Waals surface area contributed by atoms with E-state index in [1.54, 1.807) is 11.8 Å². The smallest absolute Gasteiger partial charge is 0.209 e. The summed E-state index contributed by atoms with van der Waals surface area (Å²) < 4.78 is 2.01. The van der Waals surface area contributed by atoms with Gasteiger partial charge < -0.3 is 0 Å². The van der Waals surface area contributed by atoms with Gasteiger partial charge >= 0.3 is 0 Å². The van der Waals surface area contributed by atoms with Crippen LogP contribution in [0.5, 0.6) is 0 Å². The minimum Gasteiger partial charge on any atom is -0.217 e. The molecule has 0 aromatic carbocycles. The molecule has 6 heteroatoms. The zero-order valence-electron chi connectivity index (χ0n) is 12.4. The van der Waals surface area contributed by atoms with Crippen molar-refractivity contribution in [2.75, 3.05) is 5.75 Å². The highest BCUT2D eigenvalue weighted by atomic mass is 32.2.